The summed E-state index contributed by atoms with van der Waals surface area (Å²) in [5, 5.41) is 10.4. The van der Waals surface area contributed by atoms with Gasteiger partial charge in [0, 0.05) is 21.7 Å². The predicted molar refractivity (Wildman–Crippen MR) is 129 cm³/mol. The summed E-state index contributed by atoms with van der Waals surface area (Å²) in [5.74, 6) is 0.0970. The van der Waals surface area contributed by atoms with Gasteiger partial charge >= 0.3 is 5.97 Å². The molecule has 4 aromatic rings. The second-order valence-corrected chi connectivity index (χ2v) is 7.97. The molecule has 5 nitrogen and oxygen atoms in total. The zero-order valence-corrected chi connectivity index (χ0v) is 19.1. The monoisotopic (exact) mass is 479 g/mol. The first-order valence-electron chi connectivity index (χ1n) is 10.0. The number of methoxy groups -OCH3 is 1. The first-order valence-corrected chi connectivity index (χ1v) is 10.8. The lowest BCUT2D eigenvalue weighted by Crippen LogP contribution is -2.03. The van der Waals surface area contributed by atoms with Gasteiger partial charge in [-0.05, 0) is 48.0 Å². The van der Waals surface area contributed by atoms with Crippen LogP contribution in [0.25, 0.3) is 22.4 Å². The number of ether oxygens (including phenoxy) is 2. The average molecular weight is 480 g/mol. The molecule has 0 saturated carbocycles. The number of hydrogen-bond donors (Lipinski definition) is 1. The van der Waals surface area contributed by atoms with Crippen molar-refractivity contribution in [3.63, 3.8) is 0 Å². The van der Waals surface area contributed by atoms with E-state index in [9.17, 15) is 9.90 Å². The van der Waals surface area contributed by atoms with E-state index in [0.29, 0.717) is 39.2 Å². The summed E-state index contributed by atoms with van der Waals surface area (Å²) in [7, 11) is 1.61. The zero-order valence-electron chi connectivity index (χ0n) is 17.6. The summed E-state index contributed by atoms with van der Waals surface area (Å²) in [6.07, 6.45) is 0. The molecule has 0 aliphatic rings. The number of aromatic carboxylic acids is 1. The van der Waals surface area contributed by atoms with Crippen LogP contribution in [0.1, 0.15) is 16.1 Å². The van der Waals surface area contributed by atoms with Crippen LogP contribution in [-0.4, -0.2) is 23.2 Å². The van der Waals surface area contributed by atoms with Crippen LogP contribution < -0.4 is 9.47 Å². The molecule has 7 heteroatoms. The van der Waals surface area contributed by atoms with Gasteiger partial charge in [-0.15, -0.1) is 0 Å². The Hall–Kier alpha value is -3.54. The van der Waals surface area contributed by atoms with Gasteiger partial charge in [-0.3, -0.25) is 0 Å². The van der Waals surface area contributed by atoms with Gasteiger partial charge in [-0.2, -0.15) is 0 Å². The minimum atomic E-state index is -1.12. The molecule has 3 aromatic carbocycles. The highest BCUT2D eigenvalue weighted by Crippen LogP contribution is 2.38. The maximum atomic E-state index is 11.6. The van der Waals surface area contributed by atoms with E-state index >= 15 is 0 Å². The number of benzene rings is 3. The second kappa shape index (κ2) is 9.94. The molecular formula is C26H19Cl2NO4. The highest BCUT2D eigenvalue weighted by atomic mass is 35.5. The Labute approximate surface area is 201 Å². The molecule has 0 amide bonds. The SMILES string of the molecule is COc1ccc(COc2cc(-c3nc(C(=O)O)ccc3-c3ccccc3Cl)ccc2Cl)cc1. The molecule has 1 N–H and O–H groups in total. The third kappa shape index (κ3) is 5.11. The lowest BCUT2D eigenvalue weighted by Gasteiger charge is -2.14. The van der Waals surface area contributed by atoms with Crippen LogP contribution in [0, 0.1) is 0 Å². The molecule has 0 saturated heterocycles. The number of pyridine rings is 1. The molecule has 0 radical (unpaired) electrons. The maximum absolute atomic E-state index is 11.6. The van der Waals surface area contributed by atoms with Crippen molar-refractivity contribution in [2.45, 2.75) is 6.61 Å². The van der Waals surface area contributed by atoms with Crippen molar-refractivity contribution < 1.29 is 19.4 Å². The van der Waals surface area contributed by atoms with E-state index in [1.54, 1.807) is 37.4 Å². The summed E-state index contributed by atoms with van der Waals surface area (Å²) in [6, 6.07) is 23.2. The van der Waals surface area contributed by atoms with Crippen LogP contribution in [0.5, 0.6) is 11.5 Å². The van der Waals surface area contributed by atoms with E-state index in [4.69, 9.17) is 32.7 Å². The fraction of sp³-hybridized carbons (Fsp3) is 0.0769. The highest BCUT2D eigenvalue weighted by molar-refractivity contribution is 6.33. The summed E-state index contributed by atoms with van der Waals surface area (Å²) in [4.78, 5) is 16.0. The molecule has 0 fully saturated rings. The zero-order chi connectivity index (χ0) is 23.4. The molecule has 0 bridgehead atoms. The molecule has 1 aromatic heterocycles. The maximum Gasteiger partial charge on any atom is 0.354 e. The van der Waals surface area contributed by atoms with Crippen LogP contribution in [0.2, 0.25) is 10.0 Å². The molecule has 166 valence electrons. The Kier molecular flexibility index (Phi) is 6.82. The number of hydrogen-bond acceptors (Lipinski definition) is 4. The van der Waals surface area contributed by atoms with E-state index < -0.39 is 5.97 Å². The Balaban J connectivity index is 1.73. The number of carboxylic acid groups (broad SMARTS) is 1. The first kappa shape index (κ1) is 22.6. The van der Waals surface area contributed by atoms with Crippen molar-refractivity contribution in [3.8, 4) is 33.9 Å². The minimum absolute atomic E-state index is 0.0727. The lowest BCUT2D eigenvalue weighted by atomic mass is 9.98. The smallest absolute Gasteiger partial charge is 0.354 e. The third-order valence-corrected chi connectivity index (χ3v) is 5.68. The number of rotatable bonds is 7. The fourth-order valence-corrected chi connectivity index (χ4v) is 3.75. The van der Waals surface area contributed by atoms with Crippen molar-refractivity contribution in [1.29, 1.82) is 0 Å². The van der Waals surface area contributed by atoms with E-state index in [0.717, 1.165) is 16.9 Å². The van der Waals surface area contributed by atoms with Crippen molar-refractivity contribution >= 4 is 29.2 Å². The van der Waals surface area contributed by atoms with Gasteiger partial charge in [0.15, 0.2) is 0 Å². The number of carboxylic acids is 1. The van der Waals surface area contributed by atoms with E-state index in [1.807, 2.05) is 42.5 Å². The molecule has 1 heterocycles. The van der Waals surface area contributed by atoms with Crippen molar-refractivity contribution in [3.05, 3.63) is 100 Å². The Morgan fingerprint density at radius 2 is 1.67 bits per heavy atom. The van der Waals surface area contributed by atoms with Gasteiger partial charge < -0.3 is 14.6 Å². The van der Waals surface area contributed by atoms with Crippen LogP contribution in [-0.2, 0) is 6.61 Å². The molecule has 0 unspecified atom stereocenters. The van der Waals surface area contributed by atoms with E-state index in [2.05, 4.69) is 4.98 Å². The summed E-state index contributed by atoms with van der Waals surface area (Å²) >= 11 is 12.8. The molecule has 0 spiro atoms. The Morgan fingerprint density at radius 1 is 0.909 bits per heavy atom. The first-order chi connectivity index (χ1) is 16.0. The van der Waals surface area contributed by atoms with Gasteiger partial charge in [-0.25, -0.2) is 9.78 Å². The highest BCUT2D eigenvalue weighted by Gasteiger charge is 2.17. The molecule has 0 atom stereocenters. The number of halogens is 2. The molecule has 0 aliphatic heterocycles. The van der Waals surface area contributed by atoms with E-state index in [-0.39, 0.29) is 5.69 Å². The predicted octanol–water partition coefficient (Wildman–Crippen LogP) is 7.01. The van der Waals surface area contributed by atoms with E-state index in [1.165, 1.54) is 6.07 Å². The van der Waals surface area contributed by atoms with Gasteiger partial charge in [0.25, 0.3) is 0 Å². The number of aromatic nitrogens is 1. The van der Waals surface area contributed by atoms with Crippen molar-refractivity contribution in [2.75, 3.05) is 7.11 Å². The average Bonchev–Trinajstić information content (AvgIpc) is 2.84. The second-order valence-electron chi connectivity index (χ2n) is 7.16. The fourth-order valence-electron chi connectivity index (χ4n) is 3.34. The standard InChI is InChI=1S/C26H19Cl2NO4/c1-32-18-9-6-16(7-10-18)15-33-24-14-17(8-12-22(24)28)25-20(11-13-23(29-25)26(30)31)19-4-2-3-5-21(19)27/h2-14H,15H2,1H3,(H,30,31). The Morgan fingerprint density at radius 3 is 2.36 bits per heavy atom. The summed E-state index contributed by atoms with van der Waals surface area (Å²) < 4.78 is 11.1. The summed E-state index contributed by atoms with van der Waals surface area (Å²) in [5.41, 5.74) is 3.44. The molecule has 4 rings (SSSR count). The Bertz CT molecular complexity index is 1310. The summed E-state index contributed by atoms with van der Waals surface area (Å²) in [6.45, 7) is 0.299. The number of carbonyl (C=O) groups is 1. The topological polar surface area (TPSA) is 68.7 Å². The number of nitrogens with zero attached hydrogens (tertiary/aromatic N) is 1. The molecular weight excluding hydrogens is 461 g/mol. The van der Waals surface area contributed by atoms with Gasteiger partial charge in [-0.1, -0.05) is 59.6 Å². The quantitative estimate of drug-likeness (QED) is 0.308. The van der Waals surface area contributed by atoms with Crippen molar-refractivity contribution in [1.82, 2.24) is 4.98 Å². The van der Waals surface area contributed by atoms with Crippen molar-refractivity contribution in [2.24, 2.45) is 0 Å². The third-order valence-electron chi connectivity index (χ3n) is 5.04. The molecule has 33 heavy (non-hydrogen) atoms. The van der Waals surface area contributed by atoms with Crippen LogP contribution in [0.15, 0.2) is 78.9 Å². The largest absolute Gasteiger partial charge is 0.497 e. The van der Waals surface area contributed by atoms with Gasteiger partial charge in [0.05, 0.1) is 17.8 Å². The van der Waals surface area contributed by atoms with Crippen LogP contribution >= 0.6 is 23.2 Å². The molecule has 0 aliphatic carbocycles. The minimum Gasteiger partial charge on any atom is -0.497 e. The lowest BCUT2D eigenvalue weighted by molar-refractivity contribution is 0.0690. The van der Waals surface area contributed by atoms with Gasteiger partial charge in [0.1, 0.15) is 23.8 Å². The normalized spacial score (nSPS) is 10.6. The van der Waals surface area contributed by atoms with Crippen LogP contribution in [0.3, 0.4) is 0 Å². The van der Waals surface area contributed by atoms with Crippen LogP contribution in [0.4, 0.5) is 0 Å². The van der Waals surface area contributed by atoms with Gasteiger partial charge in [0.2, 0.25) is 0 Å².